The van der Waals surface area contributed by atoms with Crippen LogP contribution in [0.15, 0.2) is 60.0 Å². The molecule has 2 aliphatic heterocycles. The summed E-state index contributed by atoms with van der Waals surface area (Å²) in [6.45, 7) is 1.91. The van der Waals surface area contributed by atoms with Gasteiger partial charge in [0, 0.05) is 36.2 Å². The van der Waals surface area contributed by atoms with Gasteiger partial charge in [-0.3, -0.25) is 9.59 Å². The van der Waals surface area contributed by atoms with Crippen molar-refractivity contribution in [1.29, 1.82) is 0 Å². The number of fused-ring (bicyclic) bond motifs is 1. The van der Waals surface area contributed by atoms with E-state index in [-0.39, 0.29) is 30.5 Å². The number of methoxy groups -OCH3 is 2. The predicted molar refractivity (Wildman–Crippen MR) is 149 cm³/mol. The topological polar surface area (TPSA) is 77.5 Å². The van der Waals surface area contributed by atoms with E-state index in [2.05, 4.69) is 11.4 Å². The van der Waals surface area contributed by atoms with Gasteiger partial charge in [-0.15, -0.1) is 11.3 Å². The minimum Gasteiger partial charge on any atom is -0.497 e. The highest BCUT2D eigenvalue weighted by atomic mass is 32.1. The van der Waals surface area contributed by atoms with Gasteiger partial charge in [0.05, 0.1) is 26.4 Å². The second-order valence-electron chi connectivity index (χ2n) is 9.69. The molecule has 9 heteroatoms. The molecule has 3 heterocycles. The van der Waals surface area contributed by atoms with Crippen LogP contribution in [-0.4, -0.2) is 74.8 Å². The van der Waals surface area contributed by atoms with Gasteiger partial charge in [0.25, 0.3) is 5.91 Å². The van der Waals surface area contributed by atoms with Crippen molar-refractivity contribution in [2.24, 2.45) is 0 Å². The first-order valence-electron chi connectivity index (χ1n) is 13.2. The first-order valence-corrected chi connectivity index (χ1v) is 14.1. The zero-order chi connectivity index (χ0) is 27.2. The van der Waals surface area contributed by atoms with Gasteiger partial charge in [0.15, 0.2) is 0 Å². The van der Waals surface area contributed by atoms with Gasteiger partial charge in [-0.1, -0.05) is 6.07 Å². The SMILES string of the molecule is COc1ccc(C(=O)N(CC(=O)N2CCc3sccc3[C@H]2COc2cccc(OC)c2)C[C@H]2CCCO2)cc1. The third-order valence-electron chi connectivity index (χ3n) is 7.26. The van der Waals surface area contributed by atoms with Crippen molar-refractivity contribution in [3.8, 4) is 17.2 Å². The van der Waals surface area contributed by atoms with E-state index in [9.17, 15) is 9.59 Å². The molecule has 0 spiro atoms. The minimum absolute atomic E-state index is 0.0279. The van der Waals surface area contributed by atoms with E-state index in [1.54, 1.807) is 54.7 Å². The third-order valence-corrected chi connectivity index (χ3v) is 8.26. The molecule has 8 nitrogen and oxygen atoms in total. The highest BCUT2D eigenvalue weighted by molar-refractivity contribution is 7.10. The normalized spacial score (nSPS) is 18.4. The Balaban J connectivity index is 1.34. The van der Waals surface area contributed by atoms with Crippen molar-refractivity contribution in [1.82, 2.24) is 9.80 Å². The summed E-state index contributed by atoms with van der Waals surface area (Å²) in [6, 6.07) is 16.3. The first kappa shape index (κ1) is 27.0. The summed E-state index contributed by atoms with van der Waals surface area (Å²) in [5.41, 5.74) is 1.62. The average molecular weight is 551 g/mol. The number of nitrogens with zero attached hydrogens (tertiary/aromatic N) is 2. The molecule has 0 bridgehead atoms. The largest absolute Gasteiger partial charge is 0.497 e. The summed E-state index contributed by atoms with van der Waals surface area (Å²) in [4.78, 5) is 32.2. The van der Waals surface area contributed by atoms with Crippen molar-refractivity contribution in [3.63, 3.8) is 0 Å². The summed E-state index contributed by atoms with van der Waals surface area (Å²) in [5, 5.41) is 2.06. The summed E-state index contributed by atoms with van der Waals surface area (Å²) < 4.78 is 22.6. The van der Waals surface area contributed by atoms with Crippen LogP contribution in [-0.2, 0) is 16.0 Å². The Morgan fingerprint density at radius 2 is 1.85 bits per heavy atom. The molecule has 2 aliphatic rings. The monoisotopic (exact) mass is 550 g/mol. The van der Waals surface area contributed by atoms with E-state index in [1.807, 2.05) is 29.2 Å². The van der Waals surface area contributed by atoms with Crippen molar-refractivity contribution in [3.05, 3.63) is 76.0 Å². The summed E-state index contributed by atoms with van der Waals surface area (Å²) in [6.07, 6.45) is 2.54. The molecule has 39 heavy (non-hydrogen) atoms. The second-order valence-corrected chi connectivity index (χ2v) is 10.7. The van der Waals surface area contributed by atoms with Crippen LogP contribution < -0.4 is 14.2 Å². The molecule has 0 aliphatic carbocycles. The maximum absolute atomic E-state index is 13.9. The Bertz CT molecular complexity index is 1270. The number of rotatable bonds is 10. The van der Waals surface area contributed by atoms with Gasteiger partial charge in [-0.2, -0.15) is 0 Å². The van der Waals surface area contributed by atoms with E-state index in [1.165, 1.54) is 4.88 Å². The fourth-order valence-corrected chi connectivity index (χ4v) is 6.09. The molecule has 0 radical (unpaired) electrons. The number of carbonyl (C=O) groups excluding carboxylic acids is 2. The third kappa shape index (κ3) is 6.37. The van der Waals surface area contributed by atoms with Crippen LogP contribution in [0.4, 0.5) is 0 Å². The van der Waals surface area contributed by atoms with Crippen LogP contribution in [0.2, 0.25) is 0 Å². The standard InChI is InChI=1S/C30H34N2O6S/c1-35-22-10-8-21(9-11-22)30(34)31(18-25-7-4-15-37-25)19-29(33)32-14-12-28-26(13-16-39-28)27(32)20-38-24-6-3-5-23(17-24)36-2/h3,5-6,8-11,13,16-17,25,27H,4,7,12,14-15,18-20H2,1-2H3/t25-,27-/m1/s1. The van der Waals surface area contributed by atoms with Crippen LogP contribution in [0.3, 0.4) is 0 Å². The van der Waals surface area contributed by atoms with Gasteiger partial charge in [0.1, 0.15) is 30.4 Å². The quantitative estimate of drug-likeness (QED) is 0.368. The molecule has 0 N–H and O–H groups in total. The van der Waals surface area contributed by atoms with Crippen LogP contribution in [0, 0.1) is 0 Å². The van der Waals surface area contributed by atoms with Crippen LogP contribution >= 0.6 is 11.3 Å². The van der Waals surface area contributed by atoms with E-state index in [0.717, 1.165) is 24.8 Å². The summed E-state index contributed by atoms with van der Waals surface area (Å²) in [5.74, 6) is 1.76. The number of benzene rings is 2. The van der Waals surface area contributed by atoms with E-state index < -0.39 is 0 Å². The fraction of sp³-hybridized carbons (Fsp3) is 0.400. The van der Waals surface area contributed by atoms with E-state index in [0.29, 0.717) is 49.1 Å². The lowest BCUT2D eigenvalue weighted by Crippen LogP contribution is -2.49. The van der Waals surface area contributed by atoms with E-state index >= 15 is 0 Å². The lowest BCUT2D eigenvalue weighted by molar-refractivity contribution is -0.135. The highest BCUT2D eigenvalue weighted by Gasteiger charge is 2.34. The molecule has 1 fully saturated rings. The average Bonchev–Trinajstić information content (AvgIpc) is 3.67. The van der Waals surface area contributed by atoms with Gasteiger partial charge in [-0.05, 0) is 72.7 Å². The molecule has 2 aromatic carbocycles. The smallest absolute Gasteiger partial charge is 0.254 e. The molecule has 206 valence electrons. The van der Waals surface area contributed by atoms with Crippen molar-refractivity contribution < 1.29 is 28.5 Å². The minimum atomic E-state index is -0.251. The maximum Gasteiger partial charge on any atom is 0.254 e. The molecule has 2 atom stereocenters. The Morgan fingerprint density at radius 1 is 1.05 bits per heavy atom. The van der Waals surface area contributed by atoms with E-state index in [4.69, 9.17) is 18.9 Å². The number of hydrogen-bond donors (Lipinski definition) is 0. The summed E-state index contributed by atoms with van der Waals surface area (Å²) in [7, 11) is 3.21. The maximum atomic E-state index is 13.9. The Labute approximate surface area is 233 Å². The number of ether oxygens (including phenoxy) is 4. The van der Waals surface area contributed by atoms with Gasteiger partial charge < -0.3 is 28.7 Å². The lowest BCUT2D eigenvalue weighted by atomic mass is 10.00. The molecular weight excluding hydrogens is 516 g/mol. The first-order chi connectivity index (χ1) is 19.1. The Kier molecular flexibility index (Phi) is 8.68. The molecule has 2 amide bonds. The van der Waals surface area contributed by atoms with Crippen LogP contribution in [0.25, 0.3) is 0 Å². The lowest BCUT2D eigenvalue weighted by Gasteiger charge is -2.37. The van der Waals surface area contributed by atoms with Crippen LogP contribution in [0.1, 0.15) is 39.7 Å². The highest BCUT2D eigenvalue weighted by Crippen LogP contribution is 2.34. The Morgan fingerprint density at radius 3 is 2.59 bits per heavy atom. The summed E-state index contributed by atoms with van der Waals surface area (Å²) >= 11 is 1.71. The molecular formula is C30H34N2O6S. The van der Waals surface area contributed by atoms with Crippen molar-refractivity contribution >= 4 is 23.2 Å². The number of carbonyl (C=O) groups is 2. The van der Waals surface area contributed by atoms with Gasteiger partial charge in [0.2, 0.25) is 5.91 Å². The molecule has 0 saturated carbocycles. The van der Waals surface area contributed by atoms with Crippen molar-refractivity contribution in [2.75, 3.05) is 47.1 Å². The number of thiophene rings is 1. The molecule has 1 saturated heterocycles. The Hall–Kier alpha value is -3.56. The van der Waals surface area contributed by atoms with Gasteiger partial charge >= 0.3 is 0 Å². The van der Waals surface area contributed by atoms with Gasteiger partial charge in [-0.25, -0.2) is 0 Å². The second kappa shape index (κ2) is 12.5. The zero-order valence-corrected chi connectivity index (χ0v) is 23.2. The van der Waals surface area contributed by atoms with Crippen LogP contribution in [0.5, 0.6) is 17.2 Å². The fourth-order valence-electron chi connectivity index (χ4n) is 5.16. The molecule has 5 rings (SSSR count). The predicted octanol–water partition coefficient (Wildman–Crippen LogP) is 4.59. The molecule has 3 aromatic rings. The van der Waals surface area contributed by atoms with Crippen molar-refractivity contribution in [2.45, 2.75) is 31.4 Å². The molecule has 0 unspecified atom stereocenters. The number of amides is 2. The number of hydrogen-bond acceptors (Lipinski definition) is 7. The zero-order valence-electron chi connectivity index (χ0n) is 22.3. The molecule has 1 aromatic heterocycles.